The Morgan fingerprint density at radius 1 is 1.31 bits per heavy atom. The van der Waals surface area contributed by atoms with Crippen molar-refractivity contribution >= 4 is 5.78 Å². The average molecular weight is 227 g/mol. The summed E-state index contributed by atoms with van der Waals surface area (Å²) in [4.78, 5) is 14.2. The summed E-state index contributed by atoms with van der Waals surface area (Å²) >= 11 is 0. The number of ether oxygens (including phenoxy) is 1. The molecule has 0 heterocycles. The molecule has 3 nitrogen and oxygen atoms in total. The molecule has 3 heteroatoms. The lowest BCUT2D eigenvalue weighted by Gasteiger charge is -2.28. The van der Waals surface area contributed by atoms with Crippen LogP contribution in [-0.2, 0) is 9.53 Å². The third-order valence-corrected chi connectivity index (χ3v) is 3.35. The maximum atomic E-state index is 12.0. The van der Waals surface area contributed by atoms with E-state index in [-0.39, 0.29) is 6.04 Å². The Hall–Kier alpha value is -0.410. The molecule has 0 aromatic heterocycles. The molecule has 0 radical (unpaired) electrons. The first-order valence-corrected chi connectivity index (χ1v) is 6.64. The van der Waals surface area contributed by atoms with Crippen molar-refractivity contribution in [3.05, 3.63) is 0 Å². The van der Waals surface area contributed by atoms with Gasteiger partial charge >= 0.3 is 0 Å². The average Bonchev–Trinajstić information content (AvgIpc) is 2.50. The van der Waals surface area contributed by atoms with Crippen molar-refractivity contribution in [1.82, 2.24) is 4.90 Å². The zero-order valence-electron chi connectivity index (χ0n) is 10.7. The van der Waals surface area contributed by atoms with Gasteiger partial charge in [0, 0.05) is 19.6 Å². The summed E-state index contributed by atoms with van der Waals surface area (Å²) < 4.78 is 5.37. The maximum absolute atomic E-state index is 12.0. The van der Waals surface area contributed by atoms with E-state index in [9.17, 15) is 4.79 Å². The fourth-order valence-corrected chi connectivity index (χ4v) is 2.39. The largest absolute Gasteiger partial charge is 0.380 e. The first kappa shape index (κ1) is 13.7. The molecule has 1 atom stereocenters. The van der Waals surface area contributed by atoms with Gasteiger partial charge in [0.1, 0.15) is 5.78 Å². The number of carbonyl (C=O) groups is 1. The van der Waals surface area contributed by atoms with Gasteiger partial charge in [0.05, 0.1) is 12.6 Å². The number of carbonyl (C=O) groups excluding carboxylic acids is 1. The van der Waals surface area contributed by atoms with Gasteiger partial charge in [0.25, 0.3) is 0 Å². The van der Waals surface area contributed by atoms with Gasteiger partial charge < -0.3 is 4.74 Å². The van der Waals surface area contributed by atoms with Crippen LogP contribution >= 0.6 is 0 Å². The van der Waals surface area contributed by atoms with E-state index in [0.717, 1.165) is 45.6 Å². The lowest BCUT2D eigenvalue weighted by atomic mass is 10.1. The minimum atomic E-state index is 0.160. The van der Waals surface area contributed by atoms with Crippen LogP contribution in [0.25, 0.3) is 0 Å². The molecule has 1 rings (SSSR count). The van der Waals surface area contributed by atoms with Crippen molar-refractivity contribution in [2.24, 2.45) is 0 Å². The van der Waals surface area contributed by atoms with Crippen molar-refractivity contribution in [2.75, 3.05) is 26.3 Å². The van der Waals surface area contributed by atoms with Crippen molar-refractivity contribution in [3.8, 4) is 0 Å². The molecule has 1 aliphatic carbocycles. The van der Waals surface area contributed by atoms with E-state index in [4.69, 9.17) is 4.74 Å². The van der Waals surface area contributed by atoms with E-state index in [0.29, 0.717) is 5.78 Å². The Bertz CT molecular complexity index is 206. The summed E-state index contributed by atoms with van der Waals surface area (Å²) in [6.07, 6.45) is 5.31. The summed E-state index contributed by atoms with van der Waals surface area (Å²) in [5.74, 6) is 0.441. The van der Waals surface area contributed by atoms with Crippen LogP contribution in [0.1, 0.15) is 46.0 Å². The number of rotatable bonds is 6. The molecule has 1 fully saturated rings. The van der Waals surface area contributed by atoms with Gasteiger partial charge in [-0.1, -0.05) is 19.8 Å². The minimum Gasteiger partial charge on any atom is -0.380 e. The van der Waals surface area contributed by atoms with Crippen molar-refractivity contribution in [3.63, 3.8) is 0 Å². The van der Waals surface area contributed by atoms with Crippen molar-refractivity contribution in [2.45, 2.75) is 52.0 Å². The van der Waals surface area contributed by atoms with Gasteiger partial charge in [-0.25, -0.2) is 0 Å². The Labute approximate surface area is 99.1 Å². The number of nitrogens with zero attached hydrogens (tertiary/aromatic N) is 1. The van der Waals surface area contributed by atoms with Gasteiger partial charge in [0.2, 0.25) is 0 Å². The van der Waals surface area contributed by atoms with Crippen LogP contribution < -0.4 is 0 Å². The molecule has 94 valence electrons. The number of hydrogen-bond donors (Lipinski definition) is 0. The Morgan fingerprint density at radius 2 is 2.12 bits per heavy atom. The van der Waals surface area contributed by atoms with E-state index in [1.54, 1.807) is 0 Å². The van der Waals surface area contributed by atoms with Crippen LogP contribution in [0.5, 0.6) is 0 Å². The van der Waals surface area contributed by atoms with E-state index in [2.05, 4.69) is 11.8 Å². The van der Waals surface area contributed by atoms with Crippen LogP contribution in [0.15, 0.2) is 0 Å². The molecular weight excluding hydrogens is 202 g/mol. The van der Waals surface area contributed by atoms with E-state index < -0.39 is 0 Å². The van der Waals surface area contributed by atoms with E-state index in [1.807, 2.05) is 6.92 Å². The normalized spacial score (nSPS) is 22.4. The lowest BCUT2D eigenvalue weighted by Crippen LogP contribution is -2.42. The molecule has 0 amide bonds. The topological polar surface area (TPSA) is 29.5 Å². The van der Waals surface area contributed by atoms with Crippen LogP contribution in [0.3, 0.4) is 0 Å². The third kappa shape index (κ3) is 4.22. The zero-order valence-corrected chi connectivity index (χ0v) is 10.7. The first-order chi connectivity index (χ1) is 7.79. The van der Waals surface area contributed by atoms with Crippen LogP contribution in [-0.4, -0.2) is 43.0 Å². The van der Waals surface area contributed by atoms with E-state index in [1.165, 1.54) is 12.8 Å². The van der Waals surface area contributed by atoms with Gasteiger partial charge in [-0.2, -0.15) is 0 Å². The lowest BCUT2D eigenvalue weighted by molar-refractivity contribution is -0.124. The highest BCUT2D eigenvalue weighted by Crippen LogP contribution is 2.19. The Kier molecular flexibility index (Phi) is 6.65. The van der Waals surface area contributed by atoms with Crippen molar-refractivity contribution in [1.29, 1.82) is 0 Å². The van der Waals surface area contributed by atoms with Crippen LogP contribution in [0.2, 0.25) is 0 Å². The predicted molar refractivity (Wildman–Crippen MR) is 65.6 cm³/mol. The maximum Gasteiger partial charge on any atom is 0.149 e. The molecule has 1 aliphatic rings. The molecule has 0 aromatic carbocycles. The predicted octanol–water partition coefficient (Wildman–Crippen LogP) is 2.25. The molecule has 0 aromatic rings. The summed E-state index contributed by atoms with van der Waals surface area (Å²) in [7, 11) is 0. The smallest absolute Gasteiger partial charge is 0.149 e. The molecule has 0 spiro atoms. The fourth-order valence-electron chi connectivity index (χ4n) is 2.39. The Morgan fingerprint density at radius 3 is 2.81 bits per heavy atom. The second-order valence-electron chi connectivity index (χ2n) is 4.41. The molecule has 0 aliphatic heterocycles. The second-order valence-corrected chi connectivity index (χ2v) is 4.41. The van der Waals surface area contributed by atoms with Crippen LogP contribution in [0.4, 0.5) is 0 Å². The molecular formula is C13H25NO2. The van der Waals surface area contributed by atoms with Gasteiger partial charge in [-0.3, -0.25) is 9.69 Å². The minimum absolute atomic E-state index is 0.160. The molecule has 0 saturated heterocycles. The molecule has 0 bridgehead atoms. The first-order valence-electron chi connectivity index (χ1n) is 6.64. The highest BCUT2D eigenvalue weighted by Gasteiger charge is 2.25. The summed E-state index contributed by atoms with van der Waals surface area (Å²) in [6.45, 7) is 7.48. The number of likely N-dealkylation sites (N-methyl/N-ethyl adjacent to an activating group) is 1. The highest BCUT2D eigenvalue weighted by atomic mass is 16.5. The van der Waals surface area contributed by atoms with Crippen molar-refractivity contribution < 1.29 is 9.53 Å². The highest BCUT2D eigenvalue weighted by molar-refractivity contribution is 5.84. The number of ketones is 1. The summed E-state index contributed by atoms with van der Waals surface area (Å²) in [5, 5.41) is 0. The SMILES string of the molecule is CCOCCN(CC)C1CCCCCC1=O. The van der Waals surface area contributed by atoms with E-state index >= 15 is 0 Å². The fraction of sp³-hybridized carbons (Fsp3) is 0.923. The third-order valence-electron chi connectivity index (χ3n) is 3.35. The molecule has 16 heavy (non-hydrogen) atoms. The molecule has 1 saturated carbocycles. The summed E-state index contributed by atoms with van der Waals surface area (Å²) in [6, 6.07) is 0.160. The van der Waals surface area contributed by atoms with Gasteiger partial charge in [-0.15, -0.1) is 0 Å². The standard InChI is InChI=1S/C13H25NO2/c1-3-14(10-11-16-4-2)12-8-6-5-7-9-13(12)15/h12H,3-11H2,1-2H3. The number of Topliss-reactive ketones (excluding diaryl/α,β-unsaturated/α-hetero) is 1. The Balaban J connectivity index is 2.44. The monoisotopic (exact) mass is 227 g/mol. The quantitative estimate of drug-likeness (QED) is 0.515. The summed E-state index contributed by atoms with van der Waals surface area (Å²) in [5.41, 5.74) is 0. The number of hydrogen-bond acceptors (Lipinski definition) is 3. The van der Waals surface area contributed by atoms with Gasteiger partial charge in [0.15, 0.2) is 0 Å². The van der Waals surface area contributed by atoms with Gasteiger partial charge in [-0.05, 0) is 26.3 Å². The van der Waals surface area contributed by atoms with Crippen LogP contribution in [0, 0.1) is 0 Å². The molecule has 1 unspecified atom stereocenters. The zero-order chi connectivity index (χ0) is 11.8. The molecule has 0 N–H and O–H groups in total. The second kappa shape index (κ2) is 7.80.